The van der Waals surface area contributed by atoms with Crippen LogP contribution in [0.1, 0.15) is 6.92 Å². The van der Waals surface area contributed by atoms with Gasteiger partial charge in [-0.2, -0.15) is 18.4 Å². The highest BCUT2D eigenvalue weighted by Crippen LogP contribution is 2.12. The van der Waals surface area contributed by atoms with Crippen molar-refractivity contribution in [3.8, 4) is 6.07 Å². The second-order valence-electron chi connectivity index (χ2n) is 2.37. The number of aliphatic hydroxyl groups is 1. The smallest absolute Gasteiger partial charge is 0.405 e. The maximum absolute atomic E-state index is 11.6. The van der Waals surface area contributed by atoms with Gasteiger partial charge in [0.1, 0.15) is 18.4 Å². The molecule has 0 aromatic rings. The lowest BCUT2D eigenvalue weighted by Gasteiger charge is -2.07. The maximum Gasteiger partial charge on any atom is 0.405 e. The number of allylic oxidation sites excluding steroid dienone is 1. The Labute approximate surface area is 77.6 Å². The largest absolute Gasteiger partial charge is 0.511 e. The van der Waals surface area contributed by atoms with Crippen LogP contribution in [-0.2, 0) is 4.79 Å². The summed E-state index contributed by atoms with van der Waals surface area (Å²) in [5.41, 5.74) is -0.728. The van der Waals surface area contributed by atoms with Gasteiger partial charge in [0.25, 0.3) is 5.91 Å². The first-order valence-electron chi connectivity index (χ1n) is 3.43. The fraction of sp³-hybridized carbons (Fsp3) is 0.429. The van der Waals surface area contributed by atoms with Gasteiger partial charge in [-0.25, -0.2) is 0 Å². The standard InChI is InChI=1S/C7H7F3N2O2/c1-4(13)5(2-11)6(14)12-3-7(8,9)10/h13H,3H2,1H3,(H,12,14). The molecule has 0 aliphatic carbocycles. The van der Waals surface area contributed by atoms with Crippen LogP contribution < -0.4 is 5.32 Å². The average molecular weight is 208 g/mol. The van der Waals surface area contributed by atoms with Crippen molar-refractivity contribution in [1.29, 1.82) is 5.26 Å². The van der Waals surface area contributed by atoms with Crippen LogP contribution in [0, 0.1) is 11.3 Å². The zero-order chi connectivity index (χ0) is 11.4. The molecule has 0 aromatic heterocycles. The number of nitrogens with one attached hydrogen (secondary N) is 1. The van der Waals surface area contributed by atoms with Crippen LogP contribution in [0.3, 0.4) is 0 Å². The molecule has 0 heterocycles. The first kappa shape index (κ1) is 12.3. The van der Waals surface area contributed by atoms with Crippen LogP contribution in [-0.4, -0.2) is 23.7 Å². The molecule has 0 unspecified atom stereocenters. The van der Waals surface area contributed by atoms with Gasteiger partial charge in [-0.1, -0.05) is 0 Å². The van der Waals surface area contributed by atoms with Crippen LogP contribution in [0.25, 0.3) is 0 Å². The summed E-state index contributed by atoms with van der Waals surface area (Å²) < 4.78 is 34.8. The Morgan fingerprint density at radius 1 is 1.57 bits per heavy atom. The number of alkyl halides is 3. The Bertz CT molecular complexity index is 297. The Morgan fingerprint density at radius 2 is 2.07 bits per heavy atom. The van der Waals surface area contributed by atoms with E-state index in [0.717, 1.165) is 6.92 Å². The highest BCUT2D eigenvalue weighted by Gasteiger charge is 2.28. The summed E-state index contributed by atoms with van der Waals surface area (Å²) in [4.78, 5) is 10.8. The van der Waals surface area contributed by atoms with Crippen LogP contribution in [0.5, 0.6) is 0 Å². The van der Waals surface area contributed by atoms with E-state index in [2.05, 4.69) is 0 Å². The van der Waals surface area contributed by atoms with E-state index < -0.39 is 30.0 Å². The molecule has 0 aliphatic rings. The molecule has 0 fully saturated rings. The van der Waals surface area contributed by atoms with Gasteiger partial charge >= 0.3 is 6.18 Å². The fourth-order valence-electron chi connectivity index (χ4n) is 0.565. The van der Waals surface area contributed by atoms with Crippen LogP contribution in [0.15, 0.2) is 11.3 Å². The van der Waals surface area contributed by atoms with Crippen molar-refractivity contribution in [1.82, 2.24) is 5.32 Å². The third kappa shape index (κ3) is 4.35. The van der Waals surface area contributed by atoms with E-state index in [1.54, 1.807) is 0 Å². The number of hydrogen-bond acceptors (Lipinski definition) is 3. The summed E-state index contributed by atoms with van der Waals surface area (Å²) in [6.45, 7) is -0.504. The van der Waals surface area contributed by atoms with E-state index in [0.29, 0.717) is 0 Å². The van der Waals surface area contributed by atoms with E-state index in [1.165, 1.54) is 11.4 Å². The summed E-state index contributed by atoms with van der Waals surface area (Å²) in [5, 5.41) is 18.5. The molecule has 0 atom stereocenters. The van der Waals surface area contributed by atoms with E-state index in [9.17, 15) is 18.0 Å². The third-order valence-electron chi connectivity index (χ3n) is 1.15. The summed E-state index contributed by atoms with van der Waals surface area (Å²) >= 11 is 0. The summed E-state index contributed by atoms with van der Waals surface area (Å²) in [6.07, 6.45) is -4.54. The zero-order valence-electron chi connectivity index (χ0n) is 7.14. The molecule has 14 heavy (non-hydrogen) atoms. The van der Waals surface area contributed by atoms with Crippen molar-refractivity contribution in [2.75, 3.05) is 6.54 Å². The van der Waals surface area contributed by atoms with Crippen LogP contribution in [0.4, 0.5) is 13.2 Å². The first-order chi connectivity index (χ1) is 6.28. The van der Waals surface area contributed by atoms with Crippen molar-refractivity contribution < 1.29 is 23.1 Å². The molecule has 0 radical (unpaired) electrons. The maximum atomic E-state index is 11.6. The minimum absolute atomic E-state index is 0.618. The van der Waals surface area contributed by atoms with Gasteiger partial charge in [0.05, 0.1) is 0 Å². The molecule has 78 valence electrons. The molecule has 0 spiro atoms. The lowest BCUT2D eigenvalue weighted by atomic mass is 10.2. The Morgan fingerprint density at radius 3 is 2.36 bits per heavy atom. The minimum Gasteiger partial charge on any atom is -0.511 e. The monoisotopic (exact) mass is 208 g/mol. The Hall–Kier alpha value is -1.71. The van der Waals surface area contributed by atoms with Gasteiger partial charge in [0.15, 0.2) is 5.57 Å². The van der Waals surface area contributed by atoms with E-state index in [4.69, 9.17) is 10.4 Å². The third-order valence-corrected chi connectivity index (χ3v) is 1.15. The quantitative estimate of drug-likeness (QED) is 0.404. The van der Waals surface area contributed by atoms with Crippen molar-refractivity contribution in [2.45, 2.75) is 13.1 Å². The SMILES string of the molecule is CC(O)=C(C#N)C(=O)NCC(F)(F)F. The first-order valence-corrected chi connectivity index (χ1v) is 3.43. The topological polar surface area (TPSA) is 73.1 Å². The number of halogens is 3. The van der Waals surface area contributed by atoms with Gasteiger partial charge in [-0.3, -0.25) is 4.79 Å². The van der Waals surface area contributed by atoms with E-state index in [-0.39, 0.29) is 0 Å². The summed E-state index contributed by atoms with van der Waals surface area (Å²) in [5.74, 6) is -1.86. The number of rotatable bonds is 2. The van der Waals surface area contributed by atoms with Crippen molar-refractivity contribution in [3.63, 3.8) is 0 Å². The minimum atomic E-state index is -4.54. The predicted octanol–water partition coefficient (Wildman–Crippen LogP) is 1.02. The number of hydrogen-bond donors (Lipinski definition) is 2. The zero-order valence-corrected chi connectivity index (χ0v) is 7.14. The average Bonchev–Trinajstić information content (AvgIpc) is 2.00. The Balaban J connectivity index is 4.39. The number of nitriles is 1. The molecule has 0 aromatic carbocycles. The lowest BCUT2D eigenvalue weighted by molar-refractivity contribution is -0.136. The summed E-state index contributed by atoms with van der Waals surface area (Å²) in [7, 11) is 0. The number of carbonyl (C=O) groups is 1. The van der Waals surface area contributed by atoms with Gasteiger partial charge in [0.2, 0.25) is 0 Å². The lowest BCUT2D eigenvalue weighted by Crippen LogP contribution is -2.34. The predicted molar refractivity (Wildman–Crippen MR) is 40.0 cm³/mol. The molecule has 4 nitrogen and oxygen atoms in total. The molecule has 0 rings (SSSR count). The number of amides is 1. The highest BCUT2D eigenvalue weighted by molar-refractivity contribution is 5.97. The second-order valence-corrected chi connectivity index (χ2v) is 2.37. The van der Waals surface area contributed by atoms with E-state index >= 15 is 0 Å². The molecule has 0 saturated heterocycles. The normalized spacial score (nSPS) is 12.8. The van der Waals surface area contributed by atoms with Crippen LogP contribution in [0.2, 0.25) is 0 Å². The fourth-order valence-corrected chi connectivity index (χ4v) is 0.565. The van der Waals surface area contributed by atoms with Crippen molar-refractivity contribution >= 4 is 5.91 Å². The van der Waals surface area contributed by atoms with Gasteiger partial charge in [-0.05, 0) is 6.92 Å². The molecule has 1 amide bonds. The van der Waals surface area contributed by atoms with Crippen molar-refractivity contribution in [2.24, 2.45) is 0 Å². The van der Waals surface area contributed by atoms with Gasteiger partial charge in [-0.15, -0.1) is 0 Å². The number of carbonyl (C=O) groups excluding carboxylic acids is 1. The van der Waals surface area contributed by atoms with Gasteiger partial charge in [0, 0.05) is 0 Å². The molecular formula is C7H7F3N2O2. The number of aliphatic hydroxyl groups excluding tert-OH is 1. The molecule has 7 heteroatoms. The molecule has 0 bridgehead atoms. The highest BCUT2D eigenvalue weighted by atomic mass is 19.4. The van der Waals surface area contributed by atoms with Gasteiger partial charge < -0.3 is 10.4 Å². The molecule has 2 N–H and O–H groups in total. The number of nitrogens with zero attached hydrogens (tertiary/aromatic N) is 1. The van der Waals surface area contributed by atoms with E-state index in [1.807, 2.05) is 0 Å². The summed E-state index contributed by atoms with van der Waals surface area (Å²) in [6, 6.07) is 1.29. The second kappa shape index (κ2) is 4.50. The molecule has 0 saturated carbocycles. The molecule has 0 aliphatic heterocycles. The van der Waals surface area contributed by atoms with Crippen LogP contribution >= 0.6 is 0 Å². The van der Waals surface area contributed by atoms with Crippen molar-refractivity contribution in [3.05, 3.63) is 11.3 Å². The Kier molecular flexibility index (Phi) is 3.95. The molecular weight excluding hydrogens is 201 g/mol.